The number of benzene rings is 1. The first-order valence-corrected chi connectivity index (χ1v) is 10.0. The molecule has 1 fully saturated rings. The molecule has 1 atom stereocenters. The van der Waals surface area contributed by atoms with Gasteiger partial charge >= 0.3 is 5.97 Å². The van der Waals surface area contributed by atoms with E-state index in [0.717, 1.165) is 37.2 Å². The number of aliphatic hydroxyl groups is 1. The molecule has 0 aromatic heterocycles. The third-order valence-corrected chi connectivity index (χ3v) is 5.05. The summed E-state index contributed by atoms with van der Waals surface area (Å²) in [4.78, 5) is 14.0. The van der Waals surface area contributed by atoms with Gasteiger partial charge in [-0.3, -0.25) is 4.79 Å². The Morgan fingerprint density at radius 3 is 2.56 bits per heavy atom. The third kappa shape index (κ3) is 6.51. The van der Waals surface area contributed by atoms with Gasteiger partial charge in [-0.25, -0.2) is 0 Å². The van der Waals surface area contributed by atoms with Gasteiger partial charge in [-0.15, -0.1) is 0 Å². The number of hydrogen-bond acceptors (Lipinski definition) is 5. The number of carbonyl (C=O) groups is 1. The summed E-state index contributed by atoms with van der Waals surface area (Å²) in [5.41, 5.74) is 2.35. The van der Waals surface area contributed by atoms with E-state index in [-0.39, 0.29) is 23.9 Å². The summed E-state index contributed by atoms with van der Waals surface area (Å²) < 4.78 is 11.1. The standard InChI is InChI=1S/C22H35NO4/c1-6-26-21(25)17-9-11-23(12-10-17)14-18(24)15-27-20-8-7-16(2)13-19(20)22(3,4)5/h7-8,13,17-18,24H,6,9-12,14-15H2,1-5H3/t18-/m1/s1. The minimum Gasteiger partial charge on any atom is -0.491 e. The molecule has 152 valence electrons. The van der Waals surface area contributed by atoms with Gasteiger partial charge in [0.15, 0.2) is 0 Å². The maximum atomic E-state index is 11.8. The Balaban J connectivity index is 1.82. The van der Waals surface area contributed by atoms with Gasteiger partial charge in [0.05, 0.1) is 12.5 Å². The van der Waals surface area contributed by atoms with Gasteiger partial charge in [0.2, 0.25) is 0 Å². The van der Waals surface area contributed by atoms with E-state index in [9.17, 15) is 9.90 Å². The van der Waals surface area contributed by atoms with E-state index in [1.807, 2.05) is 19.1 Å². The zero-order valence-corrected chi connectivity index (χ0v) is 17.5. The topological polar surface area (TPSA) is 59.0 Å². The average molecular weight is 378 g/mol. The Kier molecular flexibility index (Phi) is 7.68. The molecule has 5 nitrogen and oxygen atoms in total. The van der Waals surface area contributed by atoms with Crippen LogP contribution in [0.1, 0.15) is 51.7 Å². The van der Waals surface area contributed by atoms with Crippen molar-refractivity contribution in [2.75, 3.05) is 32.8 Å². The quantitative estimate of drug-likeness (QED) is 0.739. The molecule has 1 heterocycles. The van der Waals surface area contributed by atoms with Gasteiger partial charge in [-0.2, -0.15) is 0 Å². The van der Waals surface area contributed by atoms with Gasteiger partial charge in [-0.1, -0.05) is 38.5 Å². The Bertz CT molecular complexity index is 615. The molecule has 1 saturated heterocycles. The van der Waals surface area contributed by atoms with Crippen molar-refractivity contribution in [1.29, 1.82) is 0 Å². The first-order valence-electron chi connectivity index (χ1n) is 10.0. The Labute approximate surface area is 163 Å². The van der Waals surface area contributed by atoms with Crippen LogP contribution in [0.5, 0.6) is 5.75 Å². The molecule has 0 radical (unpaired) electrons. The van der Waals surface area contributed by atoms with Crippen LogP contribution in [-0.4, -0.2) is 54.9 Å². The zero-order valence-electron chi connectivity index (χ0n) is 17.5. The van der Waals surface area contributed by atoms with Crippen LogP contribution in [0.2, 0.25) is 0 Å². The van der Waals surface area contributed by atoms with Crippen molar-refractivity contribution in [3.63, 3.8) is 0 Å². The van der Waals surface area contributed by atoms with E-state index in [2.05, 4.69) is 38.7 Å². The van der Waals surface area contributed by atoms with E-state index in [4.69, 9.17) is 9.47 Å². The smallest absolute Gasteiger partial charge is 0.309 e. The molecule has 1 N–H and O–H groups in total. The molecule has 0 saturated carbocycles. The first-order chi connectivity index (χ1) is 12.7. The molecule has 27 heavy (non-hydrogen) atoms. The summed E-state index contributed by atoms with van der Waals surface area (Å²) >= 11 is 0. The predicted molar refractivity (Wildman–Crippen MR) is 107 cm³/mol. The number of nitrogens with zero attached hydrogens (tertiary/aromatic N) is 1. The highest BCUT2D eigenvalue weighted by molar-refractivity contribution is 5.72. The molecular formula is C22H35NO4. The summed E-state index contributed by atoms with van der Waals surface area (Å²) in [5.74, 6) is 0.750. The fourth-order valence-corrected chi connectivity index (χ4v) is 3.50. The maximum absolute atomic E-state index is 11.8. The normalized spacial score (nSPS) is 17.6. The summed E-state index contributed by atoms with van der Waals surface area (Å²) in [6.45, 7) is 13.3. The van der Waals surface area contributed by atoms with Crippen LogP contribution in [0.4, 0.5) is 0 Å². The third-order valence-electron chi connectivity index (χ3n) is 5.05. The molecule has 5 heteroatoms. The number of hydrogen-bond donors (Lipinski definition) is 1. The summed E-state index contributed by atoms with van der Waals surface area (Å²) in [7, 11) is 0. The van der Waals surface area contributed by atoms with E-state index in [1.165, 1.54) is 5.56 Å². The lowest BCUT2D eigenvalue weighted by Crippen LogP contribution is -2.42. The number of rotatable bonds is 7. The van der Waals surface area contributed by atoms with Crippen LogP contribution in [0, 0.1) is 12.8 Å². The molecule has 0 bridgehead atoms. The highest BCUT2D eigenvalue weighted by Gasteiger charge is 2.27. The molecule has 0 spiro atoms. The van der Waals surface area contributed by atoms with Gasteiger partial charge < -0.3 is 19.5 Å². The number of carbonyl (C=O) groups excluding carboxylic acids is 1. The fraction of sp³-hybridized carbons (Fsp3) is 0.682. The fourth-order valence-electron chi connectivity index (χ4n) is 3.50. The van der Waals surface area contributed by atoms with Crippen molar-refractivity contribution in [2.24, 2.45) is 5.92 Å². The minimum absolute atomic E-state index is 0.00325. The van der Waals surface area contributed by atoms with Gasteiger partial charge in [0.1, 0.15) is 18.5 Å². The van der Waals surface area contributed by atoms with Crippen LogP contribution in [0.3, 0.4) is 0 Å². The van der Waals surface area contributed by atoms with Gasteiger partial charge in [-0.05, 0) is 56.8 Å². The van der Waals surface area contributed by atoms with E-state index in [0.29, 0.717) is 13.2 Å². The second-order valence-electron chi connectivity index (χ2n) is 8.54. The van der Waals surface area contributed by atoms with Crippen LogP contribution < -0.4 is 4.74 Å². The average Bonchev–Trinajstić information content (AvgIpc) is 2.60. The lowest BCUT2D eigenvalue weighted by atomic mass is 9.85. The summed E-state index contributed by atoms with van der Waals surface area (Å²) in [6.07, 6.45) is 1.02. The second-order valence-corrected chi connectivity index (χ2v) is 8.54. The molecule has 0 amide bonds. The molecule has 1 aromatic rings. The van der Waals surface area contributed by atoms with Gasteiger partial charge in [0.25, 0.3) is 0 Å². The van der Waals surface area contributed by atoms with E-state index >= 15 is 0 Å². The van der Waals surface area contributed by atoms with Crippen LogP contribution >= 0.6 is 0 Å². The van der Waals surface area contributed by atoms with Crippen molar-refractivity contribution in [3.05, 3.63) is 29.3 Å². The summed E-state index contributed by atoms with van der Waals surface area (Å²) in [5, 5.41) is 10.4. The number of aliphatic hydroxyl groups excluding tert-OH is 1. The Morgan fingerprint density at radius 2 is 1.96 bits per heavy atom. The number of aryl methyl sites for hydroxylation is 1. The molecular weight excluding hydrogens is 342 g/mol. The predicted octanol–water partition coefficient (Wildman–Crippen LogP) is 3.31. The molecule has 1 aliphatic heterocycles. The summed E-state index contributed by atoms with van der Waals surface area (Å²) in [6, 6.07) is 6.19. The highest BCUT2D eigenvalue weighted by atomic mass is 16.5. The van der Waals surface area contributed by atoms with E-state index < -0.39 is 6.10 Å². The maximum Gasteiger partial charge on any atom is 0.309 e. The Morgan fingerprint density at radius 1 is 1.30 bits per heavy atom. The van der Waals surface area contributed by atoms with Crippen molar-refractivity contribution < 1.29 is 19.4 Å². The van der Waals surface area contributed by atoms with E-state index in [1.54, 1.807) is 0 Å². The van der Waals surface area contributed by atoms with Crippen LogP contribution in [0.25, 0.3) is 0 Å². The first kappa shape index (κ1) is 21.7. The zero-order chi connectivity index (χ0) is 20.0. The Hall–Kier alpha value is -1.59. The lowest BCUT2D eigenvalue weighted by molar-refractivity contribution is -0.149. The molecule has 2 rings (SSSR count). The highest BCUT2D eigenvalue weighted by Crippen LogP contribution is 2.32. The van der Waals surface area contributed by atoms with Crippen molar-refractivity contribution in [1.82, 2.24) is 4.90 Å². The number of likely N-dealkylation sites (tertiary alicyclic amines) is 1. The molecule has 1 aromatic carbocycles. The van der Waals surface area contributed by atoms with Crippen molar-refractivity contribution in [3.8, 4) is 5.75 Å². The number of ether oxygens (including phenoxy) is 2. The monoisotopic (exact) mass is 377 g/mol. The number of esters is 1. The van der Waals surface area contributed by atoms with Crippen LogP contribution in [-0.2, 0) is 14.9 Å². The number of piperidine rings is 1. The largest absolute Gasteiger partial charge is 0.491 e. The SMILES string of the molecule is CCOC(=O)C1CCN(C[C@@H](O)COc2ccc(C)cc2C(C)(C)C)CC1. The lowest BCUT2D eigenvalue weighted by Gasteiger charge is -2.32. The molecule has 0 aliphatic carbocycles. The molecule has 0 unspecified atom stereocenters. The van der Waals surface area contributed by atoms with Gasteiger partial charge in [0, 0.05) is 6.54 Å². The van der Waals surface area contributed by atoms with Crippen molar-refractivity contribution >= 4 is 5.97 Å². The number of β-amino-alcohol motifs (C(OH)–C–C–N with tert-alkyl or cyclic N) is 1. The minimum atomic E-state index is -0.557. The van der Waals surface area contributed by atoms with Crippen LogP contribution in [0.15, 0.2) is 18.2 Å². The second kappa shape index (κ2) is 9.56. The molecule has 1 aliphatic rings. The van der Waals surface area contributed by atoms with Crippen molar-refractivity contribution in [2.45, 2.75) is 59.0 Å².